The molecule has 4 heteroatoms. The minimum atomic E-state index is -0.981. The van der Waals surface area contributed by atoms with Gasteiger partial charge in [0.05, 0.1) is 13.2 Å². The van der Waals surface area contributed by atoms with Gasteiger partial charge < -0.3 is 14.6 Å². The zero-order valence-electron chi connectivity index (χ0n) is 12.7. The Morgan fingerprint density at radius 2 is 1.84 bits per heavy atom. The average molecular weight is 272 g/mol. The number of hydrogen-bond acceptors (Lipinski definition) is 3. The predicted octanol–water partition coefficient (Wildman–Crippen LogP) is 3.45. The Labute approximate surface area is 116 Å². The third-order valence-corrected chi connectivity index (χ3v) is 4.48. The standard InChI is InChI=1S/C15H28O4/c1-5-8-9-15(7-3)10-18-14(4,19-11-15)12(6-2)13(16)17/h12H,5-11H2,1-4H3,(H,16,17). The monoisotopic (exact) mass is 272 g/mol. The van der Waals surface area contributed by atoms with E-state index in [2.05, 4.69) is 13.8 Å². The van der Waals surface area contributed by atoms with Gasteiger partial charge >= 0.3 is 5.97 Å². The molecule has 1 saturated heterocycles. The lowest BCUT2D eigenvalue weighted by atomic mass is 9.80. The molecule has 1 aliphatic rings. The SMILES string of the molecule is CCCCC1(CC)COC(C)(C(CC)C(=O)O)OC1. The van der Waals surface area contributed by atoms with Gasteiger partial charge in [0.15, 0.2) is 5.79 Å². The van der Waals surface area contributed by atoms with Gasteiger partial charge in [-0.25, -0.2) is 0 Å². The molecule has 0 spiro atoms. The van der Waals surface area contributed by atoms with Gasteiger partial charge in [0.1, 0.15) is 5.92 Å². The second-order valence-corrected chi connectivity index (χ2v) is 5.85. The predicted molar refractivity (Wildman–Crippen MR) is 74.0 cm³/mol. The molecule has 0 aromatic heterocycles. The first-order chi connectivity index (χ1) is 8.93. The highest BCUT2D eigenvalue weighted by Crippen LogP contribution is 2.40. The fraction of sp³-hybridized carbons (Fsp3) is 0.933. The third kappa shape index (κ3) is 3.69. The largest absolute Gasteiger partial charge is 0.481 e. The highest BCUT2D eigenvalue weighted by molar-refractivity contribution is 5.71. The van der Waals surface area contributed by atoms with Gasteiger partial charge in [-0.05, 0) is 26.2 Å². The van der Waals surface area contributed by atoms with Crippen LogP contribution in [0, 0.1) is 11.3 Å². The van der Waals surface area contributed by atoms with Crippen LogP contribution in [0.5, 0.6) is 0 Å². The summed E-state index contributed by atoms with van der Waals surface area (Å²) in [5, 5.41) is 9.26. The number of carboxylic acid groups (broad SMARTS) is 1. The van der Waals surface area contributed by atoms with Crippen molar-refractivity contribution in [3.05, 3.63) is 0 Å². The van der Waals surface area contributed by atoms with Crippen LogP contribution in [-0.2, 0) is 14.3 Å². The number of carbonyl (C=O) groups is 1. The van der Waals surface area contributed by atoms with Crippen LogP contribution in [0.3, 0.4) is 0 Å². The van der Waals surface area contributed by atoms with Crippen molar-refractivity contribution in [1.82, 2.24) is 0 Å². The van der Waals surface area contributed by atoms with E-state index in [4.69, 9.17) is 9.47 Å². The van der Waals surface area contributed by atoms with E-state index in [1.165, 1.54) is 0 Å². The maximum atomic E-state index is 11.3. The Balaban J connectivity index is 2.70. The Morgan fingerprint density at radius 1 is 1.26 bits per heavy atom. The summed E-state index contributed by atoms with van der Waals surface area (Å²) in [6.45, 7) is 9.15. The van der Waals surface area contributed by atoms with Gasteiger partial charge in [0.25, 0.3) is 0 Å². The number of ether oxygens (including phenoxy) is 2. The van der Waals surface area contributed by atoms with Gasteiger partial charge in [0, 0.05) is 5.41 Å². The molecule has 0 saturated carbocycles. The van der Waals surface area contributed by atoms with Crippen molar-refractivity contribution >= 4 is 5.97 Å². The van der Waals surface area contributed by atoms with E-state index in [-0.39, 0.29) is 5.41 Å². The molecule has 0 aromatic carbocycles. The molecule has 19 heavy (non-hydrogen) atoms. The third-order valence-electron chi connectivity index (χ3n) is 4.48. The van der Waals surface area contributed by atoms with Crippen molar-refractivity contribution in [2.75, 3.05) is 13.2 Å². The summed E-state index contributed by atoms with van der Waals surface area (Å²) in [5.41, 5.74) is 0.0618. The van der Waals surface area contributed by atoms with Crippen molar-refractivity contribution < 1.29 is 19.4 Å². The van der Waals surface area contributed by atoms with Crippen molar-refractivity contribution in [3.63, 3.8) is 0 Å². The molecule has 1 rings (SSSR count). The van der Waals surface area contributed by atoms with Gasteiger partial charge in [-0.15, -0.1) is 0 Å². The summed E-state index contributed by atoms with van der Waals surface area (Å²) in [6.07, 6.45) is 4.92. The van der Waals surface area contributed by atoms with Crippen LogP contribution in [0.1, 0.15) is 59.8 Å². The van der Waals surface area contributed by atoms with E-state index in [0.29, 0.717) is 19.6 Å². The minimum absolute atomic E-state index is 0.0618. The quantitative estimate of drug-likeness (QED) is 0.771. The molecule has 112 valence electrons. The fourth-order valence-electron chi connectivity index (χ4n) is 2.72. The summed E-state index contributed by atoms with van der Waals surface area (Å²) in [5.74, 6) is -2.43. The van der Waals surface area contributed by atoms with Crippen LogP contribution in [0.15, 0.2) is 0 Å². The molecule has 1 fully saturated rings. The minimum Gasteiger partial charge on any atom is -0.481 e. The molecule has 0 aliphatic carbocycles. The Kier molecular flexibility index (Phi) is 5.81. The second-order valence-electron chi connectivity index (χ2n) is 5.85. The summed E-state index contributed by atoms with van der Waals surface area (Å²) in [4.78, 5) is 11.3. The first kappa shape index (κ1) is 16.4. The van der Waals surface area contributed by atoms with Crippen LogP contribution < -0.4 is 0 Å². The number of rotatable bonds is 7. The highest BCUT2D eigenvalue weighted by atomic mass is 16.7. The molecule has 0 radical (unpaired) electrons. The smallest absolute Gasteiger partial charge is 0.311 e. The van der Waals surface area contributed by atoms with Crippen molar-refractivity contribution in [3.8, 4) is 0 Å². The Morgan fingerprint density at radius 3 is 2.21 bits per heavy atom. The number of hydrogen-bond donors (Lipinski definition) is 1. The number of unbranched alkanes of at least 4 members (excludes halogenated alkanes) is 1. The van der Waals surface area contributed by atoms with Crippen molar-refractivity contribution in [2.45, 2.75) is 65.6 Å². The molecule has 4 nitrogen and oxygen atoms in total. The summed E-state index contributed by atoms with van der Waals surface area (Å²) in [6, 6.07) is 0. The van der Waals surface area contributed by atoms with E-state index in [1.807, 2.05) is 6.92 Å². The van der Waals surface area contributed by atoms with Crippen LogP contribution in [0.4, 0.5) is 0 Å². The van der Waals surface area contributed by atoms with Crippen molar-refractivity contribution in [2.24, 2.45) is 11.3 Å². The van der Waals surface area contributed by atoms with E-state index in [0.717, 1.165) is 25.7 Å². The zero-order chi connectivity index (χ0) is 14.5. The summed E-state index contributed by atoms with van der Waals surface area (Å²) >= 11 is 0. The van der Waals surface area contributed by atoms with Crippen LogP contribution in [-0.4, -0.2) is 30.1 Å². The molecular formula is C15H28O4. The van der Waals surface area contributed by atoms with Crippen LogP contribution in [0.2, 0.25) is 0 Å². The zero-order valence-corrected chi connectivity index (χ0v) is 12.7. The average Bonchev–Trinajstić information content (AvgIpc) is 2.39. The maximum absolute atomic E-state index is 11.3. The molecule has 1 N–H and O–H groups in total. The normalized spacial score (nSPS) is 33.1. The fourth-order valence-corrected chi connectivity index (χ4v) is 2.72. The summed E-state index contributed by atoms with van der Waals surface area (Å²) in [7, 11) is 0. The van der Waals surface area contributed by atoms with E-state index < -0.39 is 17.7 Å². The van der Waals surface area contributed by atoms with Crippen molar-refractivity contribution in [1.29, 1.82) is 0 Å². The lowest BCUT2D eigenvalue weighted by Crippen LogP contribution is -2.53. The number of carboxylic acids is 1. The topological polar surface area (TPSA) is 55.8 Å². The molecule has 0 bridgehead atoms. The molecule has 0 aromatic rings. The molecule has 1 aliphatic heterocycles. The van der Waals surface area contributed by atoms with E-state index in [9.17, 15) is 9.90 Å². The molecule has 1 atom stereocenters. The van der Waals surface area contributed by atoms with Gasteiger partial charge in [-0.1, -0.05) is 33.6 Å². The molecule has 1 unspecified atom stereocenters. The first-order valence-corrected chi connectivity index (χ1v) is 7.43. The Bertz CT molecular complexity index is 293. The second kappa shape index (κ2) is 6.71. The molecule has 1 heterocycles. The lowest BCUT2D eigenvalue weighted by molar-refractivity contribution is -0.316. The molecule has 0 amide bonds. The highest BCUT2D eigenvalue weighted by Gasteiger charge is 2.47. The Hall–Kier alpha value is -0.610. The van der Waals surface area contributed by atoms with Crippen LogP contribution in [0.25, 0.3) is 0 Å². The van der Waals surface area contributed by atoms with E-state index in [1.54, 1.807) is 6.92 Å². The van der Waals surface area contributed by atoms with Gasteiger partial charge in [0.2, 0.25) is 0 Å². The maximum Gasteiger partial charge on any atom is 0.311 e. The number of aliphatic carboxylic acids is 1. The first-order valence-electron chi connectivity index (χ1n) is 7.43. The van der Waals surface area contributed by atoms with Gasteiger partial charge in [-0.3, -0.25) is 4.79 Å². The lowest BCUT2D eigenvalue weighted by Gasteiger charge is -2.46. The molecular weight excluding hydrogens is 244 g/mol. The summed E-state index contributed by atoms with van der Waals surface area (Å²) < 4.78 is 11.8. The van der Waals surface area contributed by atoms with E-state index >= 15 is 0 Å². The van der Waals surface area contributed by atoms with Gasteiger partial charge in [-0.2, -0.15) is 0 Å². The van der Waals surface area contributed by atoms with Crippen LogP contribution >= 0.6 is 0 Å².